The van der Waals surface area contributed by atoms with Crippen LogP contribution >= 0.6 is 11.3 Å². The van der Waals surface area contributed by atoms with Crippen LogP contribution in [0.2, 0.25) is 0 Å². The number of hydrogen-bond acceptors (Lipinski definition) is 3. The van der Waals surface area contributed by atoms with Crippen LogP contribution < -0.4 is 5.56 Å². The van der Waals surface area contributed by atoms with Crippen molar-refractivity contribution in [2.45, 2.75) is 6.92 Å². The third-order valence-electron chi connectivity index (χ3n) is 3.79. The zero-order valence-electron chi connectivity index (χ0n) is 12.5. The molecule has 0 aliphatic rings. The van der Waals surface area contributed by atoms with Gasteiger partial charge >= 0.3 is 0 Å². The van der Waals surface area contributed by atoms with Crippen LogP contribution in [0.5, 0.6) is 0 Å². The Morgan fingerprint density at radius 2 is 1.70 bits per heavy atom. The normalized spacial score (nSPS) is 11.0. The summed E-state index contributed by atoms with van der Waals surface area (Å²) in [5.74, 6) is 0.615. The second-order valence-corrected chi connectivity index (χ2v) is 6.51. The van der Waals surface area contributed by atoms with Gasteiger partial charge in [-0.1, -0.05) is 60.2 Å². The van der Waals surface area contributed by atoms with Gasteiger partial charge < -0.3 is 4.98 Å². The van der Waals surface area contributed by atoms with E-state index in [1.807, 2.05) is 67.6 Å². The Bertz CT molecular complexity index is 1030. The number of aromatic nitrogens is 2. The maximum atomic E-state index is 12.4. The van der Waals surface area contributed by atoms with E-state index in [2.05, 4.69) is 9.97 Å². The fourth-order valence-corrected chi connectivity index (χ4v) is 3.56. The minimum Gasteiger partial charge on any atom is -0.306 e. The van der Waals surface area contributed by atoms with Crippen molar-refractivity contribution in [2.24, 2.45) is 0 Å². The number of benzene rings is 2. The van der Waals surface area contributed by atoms with Crippen molar-refractivity contribution in [3.05, 3.63) is 76.6 Å². The predicted octanol–water partition coefficient (Wildman–Crippen LogP) is 4.63. The first kappa shape index (κ1) is 13.9. The van der Waals surface area contributed by atoms with Crippen molar-refractivity contribution < 1.29 is 0 Å². The smallest absolute Gasteiger partial charge is 0.259 e. The summed E-state index contributed by atoms with van der Waals surface area (Å²) >= 11 is 1.55. The molecule has 0 saturated heterocycles. The number of H-pyrrole nitrogens is 1. The third kappa shape index (κ3) is 2.58. The number of rotatable bonds is 2. The maximum Gasteiger partial charge on any atom is 0.259 e. The summed E-state index contributed by atoms with van der Waals surface area (Å²) in [4.78, 5) is 21.8. The standard InChI is InChI=1S/C19H14N2OS/c1-12-7-9-14(10-8-12)17-20-18(22)15-11-16(23-19(15)21-17)13-5-3-2-4-6-13/h2-11H,1H3,(H,20,21,22). The summed E-state index contributed by atoms with van der Waals surface area (Å²) in [6.07, 6.45) is 0. The van der Waals surface area contributed by atoms with Gasteiger partial charge in [0.05, 0.1) is 5.39 Å². The quantitative estimate of drug-likeness (QED) is 0.586. The lowest BCUT2D eigenvalue weighted by Crippen LogP contribution is -2.07. The van der Waals surface area contributed by atoms with Crippen LogP contribution in [-0.4, -0.2) is 9.97 Å². The molecule has 112 valence electrons. The minimum atomic E-state index is -0.0935. The first-order valence-electron chi connectivity index (χ1n) is 7.37. The molecule has 1 N–H and O–H groups in total. The fourth-order valence-electron chi connectivity index (χ4n) is 2.52. The number of nitrogens with zero attached hydrogens (tertiary/aromatic N) is 1. The molecular weight excluding hydrogens is 304 g/mol. The Morgan fingerprint density at radius 1 is 0.957 bits per heavy atom. The van der Waals surface area contributed by atoms with Crippen LogP contribution in [0.1, 0.15) is 5.56 Å². The highest BCUT2D eigenvalue weighted by atomic mass is 32.1. The van der Waals surface area contributed by atoms with Gasteiger partial charge in [-0.2, -0.15) is 0 Å². The van der Waals surface area contributed by atoms with Gasteiger partial charge in [-0.05, 0) is 18.6 Å². The number of thiophene rings is 1. The van der Waals surface area contributed by atoms with Crippen molar-refractivity contribution >= 4 is 21.6 Å². The molecule has 3 nitrogen and oxygen atoms in total. The second kappa shape index (κ2) is 5.48. The van der Waals surface area contributed by atoms with Crippen molar-refractivity contribution in [3.8, 4) is 21.8 Å². The van der Waals surface area contributed by atoms with Gasteiger partial charge in [-0.15, -0.1) is 11.3 Å². The number of aryl methyl sites for hydroxylation is 1. The lowest BCUT2D eigenvalue weighted by Gasteiger charge is -2.01. The van der Waals surface area contributed by atoms with Gasteiger partial charge in [0.2, 0.25) is 0 Å². The lowest BCUT2D eigenvalue weighted by molar-refractivity contribution is 1.19. The molecule has 4 aromatic rings. The summed E-state index contributed by atoms with van der Waals surface area (Å²) in [5, 5.41) is 0.643. The molecule has 0 aliphatic carbocycles. The summed E-state index contributed by atoms with van der Waals surface area (Å²) in [6.45, 7) is 2.04. The minimum absolute atomic E-state index is 0.0935. The lowest BCUT2D eigenvalue weighted by atomic mass is 10.1. The molecule has 2 heterocycles. The van der Waals surface area contributed by atoms with Crippen LogP contribution in [0.25, 0.3) is 32.0 Å². The molecule has 0 amide bonds. The van der Waals surface area contributed by atoms with Gasteiger partial charge in [-0.3, -0.25) is 4.79 Å². The van der Waals surface area contributed by atoms with E-state index in [-0.39, 0.29) is 5.56 Å². The van der Waals surface area contributed by atoms with Crippen molar-refractivity contribution in [3.63, 3.8) is 0 Å². The highest BCUT2D eigenvalue weighted by molar-refractivity contribution is 7.21. The topological polar surface area (TPSA) is 45.8 Å². The van der Waals surface area contributed by atoms with Gasteiger partial charge in [0.1, 0.15) is 10.7 Å². The van der Waals surface area contributed by atoms with Crippen LogP contribution in [0.4, 0.5) is 0 Å². The monoisotopic (exact) mass is 318 g/mol. The largest absolute Gasteiger partial charge is 0.306 e. The average molecular weight is 318 g/mol. The molecule has 4 rings (SSSR count). The molecule has 0 unspecified atom stereocenters. The molecule has 0 radical (unpaired) electrons. The van der Waals surface area contributed by atoms with Crippen LogP contribution in [0, 0.1) is 6.92 Å². The van der Waals surface area contributed by atoms with E-state index in [1.54, 1.807) is 11.3 Å². The van der Waals surface area contributed by atoms with Crippen LogP contribution in [-0.2, 0) is 0 Å². The summed E-state index contributed by atoms with van der Waals surface area (Å²) < 4.78 is 0. The first-order valence-corrected chi connectivity index (χ1v) is 8.19. The molecule has 0 fully saturated rings. The van der Waals surface area contributed by atoms with E-state index in [0.717, 1.165) is 20.8 Å². The van der Waals surface area contributed by atoms with E-state index < -0.39 is 0 Å². The number of hydrogen-bond donors (Lipinski definition) is 1. The molecule has 4 heteroatoms. The van der Waals surface area contributed by atoms with E-state index in [1.165, 1.54) is 5.56 Å². The zero-order valence-corrected chi connectivity index (χ0v) is 13.4. The Hall–Kier alpha value is -2.72. The van der Waals surface area contributed by atoms with Crippen molar-refractivity contribution in [1.29, 1.82) is 0 Å². The van der Waals surface area contributed by atoms with Gasteiger partial charge in [-0.25, -0.2) is 4.98 Å². The van der Waals surface area contributed by atoms with E-state index in [9.17, 15) is 4.79 Å². The molecule has 0 bridgehead atoms. The number of aromatic amines is 1. The number of nitrogens with one attached hydrogen (secondary N) is 1. The molecule has 0 aliphatic heterocycles. The van der Waals surface area contributed by atoms with E-state index in [4.69, 9.17) is 0 Å². The van der Waals surface area contributed by atoms with Crippen LogP contribution in [0.15, 0.2) is 65.5 Å². The highest BCUT2D eigenvalue weighted by Gasteiger charge is 2.11. The molecule has 0 spiro atoms. The van der Waals surface area contributed by atoms with E-state index in [0.29, 0.717) is 11.2 Å². The van der Waals surface area contributed by atoms with Gasteiger partial charge in [0.15, 0.2) is 0 Å². The predicted molar refractivity (Wildman–Crippen MR) is 95.8 cm³/mol. The summed E-state index contributed by atoms with van der Waals surface area (Å²) in [6, 6.07) is 20.0. The average Bonchev–Trinajstić information content (AvgIpc) is 3.01. The highest BCUT2D eigenvalue weighted by Crippen LogP contribution is 2.31. The van der Waals surface area contributed by atoms with Crippen LogP contribution in [0.3, 0.4) is 0 Å². The zero-order chi connectivity index (χ0) is 15.8. The summed E-state index contributed by atoms with van der Waals surface area (Å²) in [7, 11) is 0. The fraction of sp³-hybridized carbons (Fsp3) is 0.0526. The third-order valence-corrected chi connectivity index (χ3v) is 4.86. The molecule has 2 aromatic carbocycles. The maximum absolute atomic E-state index is 12.4. The molecular formula is C19H14N2OS. The Kier molecular flexibility index (Phi) is 3.32. The Balaban J connectivity index is 1.87. The molecule has 0 atom stereocenters. The summed E-state index contributed by atoms with van der Waals surface area (Å²) in [5.41, 5.74) is 3.11. The SMILES string of the molecule is Cc1ccc(-c2nc3sc(-c4ccccc4)cc3c(=O)[nH]2)cc1. The second-order valence-electron chi connectivity index (χ2n) is 5.48. The number of fused-ring (bicyclic) bond motifs is 1. The van der Waals surface area contributed by atoms with Crippen molar-refractivity contribution in [2.75, 3.05) is 0 Å². The van der Waals surface area contributed by atoms with Crippen molar-refractivity contribution in [1.82, 2.24) is 9.97 Å². The molecule has 23 heavy (non-hydrogen) atoms. The first-order chi connectivity index (χ1) is 11.2. The van der Waals surface area contributed by atoms with Gasteiger partial charge in [0.25, 0.3) is 5.56 Å². The van der Waals surface area contributed by atoms with Gasteiger partial charge in [0, 0.05) is 10.4 Å². The Morgan fingerprint density at radius 3 is 2.43 bits per heavy atom. The Labute approximate surface area is 137 Å². The molecule has 0 saturated carbocycles. The molecule has 2 aromatic heterocycles. The van der Waals surface area contributed by atoms with E-state index >= 15 is 0 Å².